The van der Waals surface area contributed by atoms with Gasteiger partial charge in [-0.1, -0.05) is 27.7 Å². The molecule has 1 amide bonds. The zero-order chi connectivity index (χ0) is 10.4. The smallest absolute Gasteiger partial charge is 0.235 e. The van der Waals surface area contributed by atoms with Crippen LogP contribution in [0.15, 0.2) is 0 Å². The SMILES string of the molecule is CCN(CC)S(=O)NC(=O)C(C)C. The average molecular weight is 206 g/mol. The van der Waals surface area contributed by atoms with Crippen molar-refractivity contribution in [3.63, 3.8) is 0 Å². The number of hydrogen-bond acceptors (Lipinski definition) is 2. The third-order valence-electron chi connectivity index (χ3n) is 1.65. The van der Waals surface area contributed by atoms with Gasteiger partial charge >= 0.3 is 0 Å². The molecule has 13 heavy (non-hydrogen) atoms. The predicted octanol–water partition coefficient (Wildman–Crippen LogP) is 0.679. The molecule has 5 heteroatoms. The number of carbonyl (C=O) groups excluding carboxylic acids is 1. The van der Waals surface area contributed by atoms with Gasteiger partial charge in [0, 0.05) is 19.0 Å². The molecule has 1 unspecified atom stereocenters. The Morgan fingerprint density at radius 1 is 1.38 bits per heavy atom. The van der Waals surface area contributed by atoms with E-state index in [1.165, 1.54) is 0 Å². The van der Waals surface area contributed by atoms with Gasteiger partial charge in [-0.25, -0.2) is 8.51 Å². The molecule has 0 fully saturated rings. The summed E-state index contributed by atoms with van der Waals surface area (Å²) < 4.78 is 15.5. The minimum Gasteiger partial charge on any atom is -0.274 e. The zero-order valence-electron chi connectivity index (χ0n) is 8.66. The van der Waals surface area contributed by atoms with Crippen LogP contribution in [0.25, 0.3) is 0 Å². The highest BCUT2D eigenvalue weighted by molar-refractivity contribution is 7.81. The molecule has 0 aromatic heterocycles. The van der Waals surface area contributed by atoms with Crippen molar-refractivity contribution in [3.8, 4) is 0 Å². The molecule has 0 bridgehead atoms. The summed E-state index contributed by atoms with van der Waals surface area (Å²) in [4.78, 5) is 11.2. The number of amides is 1. The van der Waals surface area contributed by atoms with Crippen LogP contribution in [0, 0.1) is 5.92 Å². The Morgan fingerprint density at radius 2 is 1.85 bits per heavy atom. The van der Waals surface area contributed by atoms with Crippen LogP contribution >= 0.6 is 0 Å². The van der Waals surface area contributed by atoms with Crippen LogP contribution in [0.1, 0.15) is 27.7 Å². The summed E-state index contributed by atoms with van der Waals surface area (Å²) >= 11 is -1.37. The van der Waals surface area contributed by atoms with Gasteiger partial charge in [0.05, 0.1) is 0 Å². The minimum atomic E-state index is -1.37. The lowest BCUT2D eigenvalue weighted by Crippen LogP contribution is -2.39. The summed E-state index contributed by atoms with van der Waals surface area (Å²) in [5.74, 6) is -0.301. The van der Waals surface area contributed by atoms with Crippen LogP contribution in [0.3, 0.4) is 0 Å². The summed E-state index contributed by atoms with van der Waals surface area (Å²) in [5.41, 5.74) is 0. The van der Waals surface area contributed by atoms with Gasteiger partial charge in [-0.15, -0.1) is 0 Å². The van der Waals surface area contributed by atoms with E-state index in [0.29, 0.717) is 13.1 Å². The molecule has 0 rings (SSSR count). The highest BCUT2D eigenvalue weighted by atomic mass is 32.2. The molecule has 0 aromatic rings. The normalized spacial score (nSPS) is 13.4. The average Bonchev–Trinajstić information content (AvgIpc) is 2.06. The van der Waals surface area contributed by atoms with E-state index in [4.69, 9.17) is 0 Å². The summed E-state index contributed by atoms with van der Waals surface area (Å²) in [7, 11) is 0. The van der Waals surface area contributed by atoms with Crippen molar-refractivity contribution in [2.24, 2.45) is 5.92 Å². The lowest BCUT2D eigenvalue weighted by atomic mass is 10.2. The largest absolute Gasteiger partial charge is 0.274 e. The van der Waals surface area contributed by atoms with Crippen LogP contribution in [0.5, 0.6) is 0 Å². The molecular formula is C8H18N2O2S. The molecule has 1 atom stereocenters. The van der Waals surface area contributed by atoms with Gasteiger partial charge in [-0.3, -0.25) is 9.52 Å². The van der Waals surface area contributed by atoms with E-state index in [1.807, 2.05) is 13.8 Å². The number of hydrogen-bond donors (Lipinski definition) is 1. The molecule has 0 aliphatic heterocycles. The van der Waals surface area contributed by atoms with Crippen molar-refractivity contribution >= 4 is 17.1 Å². The van der Waals surface area contributed by atoms with E-state index in [2.05, 4.69) is 4.72 Å². The van der Waals surface area contributed by atoms with Gasteiger partial charge in [0.2, 0.25) is 5.91 Å². The predicted molar refractivity (Wildman–Crippen MR) is 54.0 cm³/mol. The number of carbonyl (C=O) groups is 1. The molecule has 1 N–H and O–H groups in total. The second-order valence-corrected chi connectivity index (χ2v) is 4.20. The molecule has 0 radical (unpaired) electrons. The Hall–Kier alpha value is -0.420. The number of nitrogens with zero attached hydrogens (tertiary/aromatic N) is 1. The second-order valence-electron chi connectivity index (χ2n) is 2.98. The van der Waals surface area contributed by atoms with Crippen LogP contribution in [-0.4, -0.2) is 27.5 Å². The molecular weight excluding hydrogens is 188 g/mol. The Labute approximate surface area is 82.4 Å². The Morgan fingerprint density at radius 3 is 2.15 bits per heavy atom. The van der Waals surface area contributed by atoms with Gasteiger partial charge in [0.25, 0.3) is 0 Å². The first kappa shape index (κ1) is 12.6. The molecule has 0 aliphatic carbocycles. The van der Waals surface area contributed by atoms with Crippen molar-refractivity contribution in [2.45, 2.75) is 27.7 Å². The lowest BCUT2D eigenvalue weighted by Gasteiger charge is -2.17. The monoisotopic (exact) mass is 206 g/mol. The molecule has 4 nitrogen and oxygen atoms in total. The van der Waals surface area contributed by atoms with Crippen molar-refractivity contribution in [3.05, 3.63) is 0 Å². The molecule has 78 valence electrons. The first-order valence-electron chi connectivity index (χ1n) is 4.50. The third kappa shape index (κ3) is 4.38. The summed E-state index contributed by atoms with van der Waals surface area (Å²) in [6, 6.07) is 0. The Balaban J connectivity index is 4.06. The number of nitrogens with one attached hydrogen (secondary N) is 1. The van der Waals surface area contributed by atoms with Crippen LogP contribution < -0.4 is 4.72 Å². The molecule has 0 saturated heterocycles. The Kier molecular flexibility index (Phi) is 5.90. The van der Waals surface area contributed by atoms with Crippen molar-refractivity contribution in [2.75, 3.05) is 13.1 Å². The van der Waals surface area contributed by atoms with Crippen molar-refractivity contribution in [1.29, 1.82) is 0 Å². The van der Waals surface area contributed by atoms with Gasteiger partial charge in [-0.2, -0.15) is 0 Å². The second kappa shape index (κ2) is 6.10. The van der Waals surface area contributed by atoms with Crippen LogP contribution in [-0.2, 0) is 16.0 Å². The maximum atomic E-state index is 11.4. The maximum Gasteiger partial charge on any atom is 0.235 e. The van der Waals surface area contributed by atoms with Crippen molar-refractivity contribution < 1.29 is 9.00 Å². The quantitative estimate of drug-likeness (QED) is 0.719. The van der Waals surface area contributed by atoms with E-state index in [1.54, 1.807) is 18.2 Å². The maximum absolute atomic E-state index is 11.4. The van der Waals surface area contributed by atoms with E-state index in [9.17, 15) is 9.00 Å². The van der Waals surface area contributed by atoms with E-state index in [-0.39, 0.29) is 11.8 Å². The number of rotatable bonds is 5. The van der Waals surface area contributed by atoms with Gasteiger partial charge in [0.15, 0.2) is 11.2 Å². The summed E-state index contributed by atoms with van der Waals surface area (Å²) in [6.07, 6.45) is 0. The van der Waals surface area contributed by atoms with E-state index >= 15 is 0 Å². The molecule has 0 spiro atoms. The first-order valence-corrected chi connectivity index (χ1v) is 5.60. The highest BCUT2D eigenvalue weighted by Gasteiger charge is 2.14. The summed E-state index contributed by atoms with van der Waals surface area (Å²) in [5, 5.41) is 0. The standard InChI is InChI=1S/C8H18N2O2S/c1-5-10(6-2)13(12)9-8(11)7(3)4/h7H,5-6H2,1-4H3,(H,9,11). The van der Waals surface area contributed by atoms with Crippen molar-refractivity contribution in [1.82, 2.24) is 9.03 Å². The first-order chi connectivity index (χ1) is 6.02. The summed E-state index contributed by atoms with van der Waals surface area (Å²) in [6.45, 7) is 8.69. The van der Waals surface area contributed by atoms with Gasteiger partial charge in [0.1, 0.15) is 0 Å². The minimum absolute atomic E-state index is 0.125. The molecule has 0 saturated carbocycles. The molecule has 0 heterocycles. The van der Waals surface area contributed by atoms with Crippen LogP contribution in [0.4, 0.5) is 0 Å². The third-order valence-corrected chi connectivity index (χ3v) is 3.01. The molecule has 0 aromatic carbocycles. The fourth-order valence-electron chi connectivity index (χ4n) is 0.727. The van der Waals surface area contributed by atoms with Crippen LogP contribution in [0.2, 0.25) is 0 Å². The fourth-order valence-corrected chi connectivity index (χ4v) is 1.73. The molecule has 0 aliphatic rings. The Bertz CT molecular complexity index is 191. The van der Waals surface area contributed by atoms with E-state index < -0.39 is 11.2 Å². The van der Waals surface area contributed by atoms with Gasteiger partial charge < -0.3 is 0 Å². The lowest BCUT2D eigenvalue weighted by molar-refractivity contribution is -0.122. The van der Waals surface area contributed by atoms with Gasteiger partial charge in [-0.05, 0) is 0 Å². The topological polar surface area (TPSA) is 49.4 Å². The van der Waals surface area contributed by atoms with E-state index in [0.717, 1.165) is 0 Å². The fraction of sp³-hybridized carbons (Fsp3) is 0.875. The highest BCUT2D eigenvalue weighted by Crippen LogP contribution is 1.95. The zero-order valence-corrected chi connectivity index (χ0v) is 9.48.